The lowest BCUT2D eigenvalue weighted by molar-refractivity contribution is -0.140. The first-order valence-corrected chi connectivity index (χ1v) is 9.57. The van der Waals surface area contributed by atoms with Crippen molar-refractivity contribution in [2.45, 2.75) is 19.9 Å². The van der Waals surface area contributed by atoms with Crippen molar-refractivity contribution in [3.8, 4) is 10.8 Å². The van der Waals surface area contributed by atoms with Crippen LogP contribution in [0.5, 0.6) is 0 Å². The molecule has 0 unspecified atom stereocenters. The van der Waals surface area contributed by atoms with Gasteiger partial charge in [-0.15, -0.1) is 11.3 Å². The molecule has 0 N–H and O–H groups in total. The standard InChI is InChI=1S/C20H18F2N2O4S/c1-12-3-6-17(28-12)19-23-16(11-29-19)20(26)24(8-7-18(25)27-2)10-13-4-5-14(21)15(22)9-13/h3-6,9,11H,7-8,10H2,1-2H3. The van der Waals surface area contributed by atoms with Crippen LogP contribution in [-0.4, -0.2) is 35.4 Å². The molecule has 0 spiro atoms. The first-order valence-electron chi connectivity index (χ1n) is 8.69. The topological polar surface area (TPSA) is 72.6 Å². The summed E-state index contributed by atoms with van der Waals surface area (Å²) in [4.78, 5) is 30.2. The van der Waals surface area contributed by atoms with Crippen molar-refractivity contribution in [1.82, 2.24) is 9.88 Å². The first-order chi connectivity index (χ1) is 13.9. The Labute approximate surface area is 169 Å². The lowest BCUT2D eigenvalue weighted by Crippen LogP contribution is -2.33. The minimum Gasteiger partial charge on any atom is -0.469 e. The Kier molecular flexibility index (Phi) is 6.38. The minimum absolute atomic E-state index is 0.0141. The number of hydrogen-bond acceptors (Lipinski definition) is 6. The van der Waals surface area contributed by atoms with Gasteiger partial charge in [-0.25, -0.2) is 13.8 Å². The van der Waals surface area contributed by atoms with Crippen molar-refractivity contribution < 1.29 is 27.5 Å². The maximum absolute atomic E-state index is 13.5. The van der Waals surface area contributed by atoms with Gasteiger partial charge in [-0.3, -0.25) is 9.59 Å². The lowest BCUT2D eigenvalue weighted by Gasteiger charge is -2.21. The van der Waals surface area contributed by atoms with E-state index < -0.39 is 23.5 Å². The summed E-state index contributed by atoms with van der Waals surface area (Å²) in [6.45, 7) is 1.83. The van der Waals surface area contributed by atoms with Gasteiger partial charge in [0.05, 0.1) is 13.5 Å². The van der Waals surface area contributed by atoms with Crippen molar-refractivity contribution in [3.63, 3.8) is 0 Å². The molecule has 3 rings (SSSR count). The summed E-state index contributed by atoms with van der Waals surface area (Å²) in [6.07, 6.45) is -0.0414. The number of hydrogen-bond donors (Lipinski definition) is 0. The molecule has 0 aliphatic carbocycles. The van der Waals surface area contributed by atoms with E-state index in [2.05, 4.69) is 9.72 Å². The second-order valence-corrected chi connectivity index (χ2v) is 7.11. The highest BCUT2D eigenvalue weighted by molar-refractivity contribution is 7.13. The van der Waals surface area contributed by atoms with Crippen LogP contribution < -0.4 is 0 Å². The van der Waals surface area contributed by atoms with E-state index in [-0.39, 0.29) is 25.2 Å². The quantitative estimate of drug-likeness (QED) is 0.536. The Morgan fingerprint density at radius 2 is 2.00 bits per heavy atom. The number of amides is 1. The number of rotatable bonds is 7. The third-order valence-electron chi connectivity index (χ3n) is 4.13. The van der Waals surface area contributed by atoms with Crippen molar-refractivity contribution in [3.05, 3.63) is 64.4 Å². The zero-order valence-corrected chi connectivity index (χ0v) is 16.6. The van der Waals surface area contributed by atoms with Crippen LogP contribution in [0.25, 0.3) is 10.8 Å². The normalized spacial score (nSPS) is 10.8. The molecule has 0 saturated heterocycles. The summed E-state index contributed by atoms with van der Waals surface area (Å²) in [6, 6.07) is 6.96. The molecule has 0 aliphatic heterocycles. The van der Waals surface area contributed by atoms with Gasteiger partial charge in [0, 0.05) is 18.5 Å². The van der Waals surface area contributed by atoms with Crippen LogP contribution in [-0.2, 0) is 16.1 Å². The summed E-state index contributed by atoms with van der Waals surface area (Å²) in [7, 11) is 1.25. The van der Waals surface area contributed by atoms with E-state index in [1.54, 1.807) is 24.4 Å². The Morgan fingerprint density at radius 3 is 2.66 bits per heavy atom. The molecule has 0 radical (unpaired) electrons. The van der Waals surface area contributed by atoms with E-state index in [0.29, 0.717) is 16.3 Å². The number of halogens is 2. The maximum Gasteiger partial charge on any atom is 0.307 e. The number of thiazole rings is 1. The van der Waals surface area contributed by atoms with Gasteiger partial charge in [0.2, 0.25) is 0 Å². The Bertz CT molecular complexity index is 1030. The molecule has 29 heavy (non-hydrogen) atoms. The van der Waals surface area contributed by atoms with Gasteiger partial charge in [-0.2, -0.15) is 0 Å². The number of benzene rings is 1. The number of esters is 1. The second kappa shape index (κ2) is 8.95. The van der Waals surface area contributed by atoms with Gasteiger partial charge in [-0.1, -0.05) is 6.07 Å². The van der Waals surface area contributed by atoms with Crippen LogP contribution in [0.4, 0.5) is 8.78 Å². The smallest absolute Gasteiger partial charge is 0.307 e. The molecular weight excluding hydrogens is 402 g/mol. The van der Waals surface area contributed by atoms with E-state index in [0.717, 1.165) is 17.9 Å². The summed E-state index contributed by atoms with van der Waals surface area (Å²) in [5, 5.41) is 2.13. The van der Waals surface area contributed by atoms with Gasteiger partial charge >= 0.3 is 5.97 Å². The largest absolute Gasteiger partial charge is 0.469 e. The molecule has 6 nitrogen and oxygen atoms in total. The van der Waals surface area contributed by atoms with E-state index in [9.17, 15) is 18.4 Å². The fraction of sp³-hybridized carbons (Fsp3) is 0.250. The van der Waals surface area contributed by atoms with E-state index in [4.69, 9.17) is 4.42 Å². The van der Waals surface area contributed by atoms with Crippen molar-refractivity contribution in [1.29, 1.82) is 0 Å². The van der Waals surface area contributed by atoms with Crippen LogP contribution in [0, 0.1) is 18.6 Å². The lowest BCUT2D eigenvalue weighted by atomic mass is 10.2. The van der Waals surface area contributed by atoms with Gasteiger partial charge in [0.25, 0.3) is 5.91 Å². The molecule has 1 amide bonds. The van der Waals surface area contributed by atoms with Crippen molar-refractivity contribution in [2.24, 2.45) is 0 Å². The fourth-order valence-corrected chi connectivity index (χ4v) is 3.39. The monoisotopic (exact) mass is 420 g/mol. The molecule has 0 atom stereocenters. The first kappa shape index (κ1) is 20.7. The number of furan rings is 1. The molecule has 2 aromatic heterocycles. The highest BCUT2D eigenvalue weighted by Crippen LogP contribution is 2.26. The van der Waals surface area contributed by atoms with Crippen LogP contribution in [0.15, 0.2) is 40.1 Å². The fourth-order valence-electron chi connectivity index (χ4n) is 2.64. The van der Waals surface area contributed by atoms with Gasteiger partial charge in [-0.05, 0) is 36.8 Å². The predicted octanol–water partition coefficient (Wildman–Crippen LogP) is 4.20. The Balaban J connectivity index is 1.82. The summed E-state index contributed by atoms with van der Waals surface area (Å²) in [5.74, 6) is -1.64. The molecule has 0 saturated carbocycles. The summed E-state index contributed by atoms with van der Waals surface area (Å²) >= 11 is 1.25. The number of nitrogens with zero attached hydrogens (tertiary/aromatic N) is 2. The number of ether oxygens (including phenoxy) is 1. The van der Waals surface area contributed by atoms with Crippen LogP contribution in [0.1, 0.15) is 28.2 Å². The highest BCUT2D eigenvalue weighted by atomic mass is 32.1. The Morgan fingerprint density at radius 1 is 1.21 bits per heavy atom. The maximum atomic E-state index is 13.5. The molecule has 3 aromatic rings. The van der Waals surface area contributed by atoms with E-state index in [1.807, 2.05) is 0 Å². The number of methoxy groups -OCH3 is 1. The van der Waals surface area contributed by atoms with Gasteiger partial charge < -0.3 is 14.1 Å². The van der Waals surface area contributed by atoms with Crippen LogP contribution in [0.3, 0.4) is 0 Å². The summed E-state index contributed by atoms with van der Waals surface area (Å²) in [5.41, 5.74) is 0.561. The van der Waals surface area contributed by atoms with E-state index >= 15 is 0 Å². The SMILES string of the molecule is COC(=O)CCN(Cc1ccc(F)c(F)c1)C(=O)c1csc(-c2ccc(C)o2)n1. The summed E-state index contributed by atoms with van der Waals surface area (Å²) < 4.78 is 36.9. The van der Waals surface area contributed by atoms with Crippen molar-refractivity contribution in [2.75, 3.05) is 13.7 Å². The Hall–Kier alpha value is -3.07. The number of aromatic nitrogens is 1. The molecule has 152 valence electrons. The molecule has 0 aliphatic rings. The molecule has 2 heterocycles. The van der Waals surface area contributed by atoms with E-state index in [1.165, 1.54) is 29.4 Å². The van der Waals surface area contributed by atoms with Crippen LogP contribution in [0.2, 0.25) is 0 Å². The average molecular weight is 420 g/mol. The molecule has 9 heteroatoms. The molecule has 1 aromatic carbocycles. The zero-order chi connectivity index (χ0) is 21.0. The minimum atomic E-state index is -1.01. The predicted molar refractivity (Wildman–Crippen MR) is 102 cm³/mol. The average Bonchev–Trinajstić information content (AvgIpc) is 3.36. The third kappa shape index (κ3) is 5.05. The highest BCUT2D eigenvalue weighted by Gasteiger charge is 2.22. The molecule has 0 bridgehead atoms. The number of aryl methyl sites for hydroxylation is 1. The number of carbonyl (C=O) groups is 2. The second-order valence-electron chi connectivity index (χ2n) is 6.25. The van der Waals surface area contributed by atoms with Gasteiger partial charge in [0.1, 0.15) is 11.5 Å². The zero-order valence-electron chi connectivity index (χ0n) is 15.8. The van der Waals surface area contributed by atoms with Gasteiger partial charge in [0.15, 0.2) is 22.4 Å². The van der Waals surface area contributed by atoms with Crippen LogP contribution >= 0.6 is 11.3 Å². The number of carbonyl (C=O) groups excluding carboxylic acids is 2. The third-order valence-corrected chi connectivity index (χ3v) is 4.99. The van der Waals surface area contributed by atoms with Crippen molar-refractivity contribution >= 4 is 23.2 Å². The molecule has 0 fully saturated rings. The molecular formula is C20H18F2N2O4S.